The minimum atomic E-state index is -3.19. The van der Waals surface area contributed by atoms with Crippen molar-refractivity contribution in [2.75, 3.05) is 17.5 Å². The van der Waals surface area contributed by atoms with Crippen molar-refractivity contribution < 1.29 is 8.42 Å². The summed E-state index contributed by atoms with van der Waals surface area (Å²) in [6.45, 7) is 1.10. The Morgan fingerprint density at radius 2 is 2.22 bits per heavy atom. The Bertz CT molecular complexity index is 568. The summed E-state index contributed by atoms with van der Waals surface area (Å²) >= 11 is 0. The minimum absolute atomic E-state index is 0.544. The lowest BCUT2D eigenvalue weighted by Crippen LogP contribution is -2.37. The van der Waals surface area contributed by atoms with E-state index >= 15 is 0 Å². The molecule has 0 unspecified atom stereocenters. The molecule has 2 atom stereocenters. The first-order chi connectivity index (χ1) is 8.53. The first kappa shape index (κ1) is 12.0. The highest BCUT2D eigenvalue weighted by molar-refractivity contribution is 7.92. The van der Waals surface area contributed by atoms with Gasteiger partial charge in [0.1, 0.15) is 0 Å². The summed E-state index contributed by atoms with van der Waals surface area (Å²) in [5, 5.41) is 3.56. The zero-order valence-corrected chi connectivity index (χ0v) is 11.3. The number of rotatable bonds is 2. The Labute approximate surface area is 108 Å². The highest BCUT2D eigenvalue weighted by Crippen LogP contribution is 2.39. The molecule has 0 bridgehead atoms. The van der Waals surface area contributed by atoms with Crippen LogP contribution in [-0.4, -0.2) is 27.3 Å². The summed E-state index contributed by atoms with van der Waals surface area (Å²) in [5.74, 6) is 0.612. The quantitative estimate of drug-likeness (QED) is 0.852. The molecule has 18 heavy (non-hydrogen) atoms. The van der Waals surface area contributed by atoms with Gasteiger partial charge in [-0.25, -0.2) is 8.42 Å². The SMILES string of the molecule is CS(=O)(=O)Nc1ccc2c(c1)C[C@H]1NCCC[C@@H]21. The maximum atomic E-state index is 11.2. The smallest absolute Gasteiger partial charge is 0.229 e. The minimum Gasteiger partial charge on any atom is -0.313 e. The van der Waals surface area contributed by atoms with Crippen molar-refractivity contribution in [1.82, 2.24) is 5.32 Å². The van der Waals surface area contributed by atoms with Crippen molar-refractivity contribution in [2.24, 2.45) is 0 Å². The predicted octanol–water partition coefficient (Wildman–Crippen LogP) is 1.45. The standard InChI is InChI=1S/C13H18N2O2S/c1-18(16,17)15-10-4-5-11-9(7-10)8-13-12(11)3-2-6-14-13/h4-5,7,12-15H,2-3,6,8H2,1H3/t12-,13+/m0/s1. The van der Waals surface area contributed by atoms with E-state index in [9.17, 15) is 8.42 Å². The molecule has 1 heterocycles. The fraction of sp³-hybridized carbons (Fsp3) is 0.538. The Morgan fingerprint density at radius 1 is 1.39 bits per heavy atom. The van der Waals surface area contributed by atoms with Gasteiger partial charge in [0.15, 0.2) is 0 Å². The third-order valence-corrected chi connectivity index (χ3v) is 4.48. The molecule has 1 fully saturated rings. The molecule has 1 aliphatic heterocycles. The third kappa shape index (κ3) is 2.24. The number of nitrogens with one attached hydrogen (secondary N) is 2. The maximum absolute atomic E-state index is 11.2. The van der Waals surface area contributed by atoms with Crippen molar-refractivity contribution in [2.45, 2.75) is 31.2 Å². The Kier molecular flexibility index (Phi) is 2.83. The Balaban J connectivity index is 1.90. The zero-order valence-electron chi connectivity index (χ0n) is 10.4. The van der Waals surface area contributed by atoms with Crippen molar-refractivity contribution in [3.8, 4) is 0 Å². The molecule has 0 spiro atoms. The fourth-order valence-corrected chi connectivity index (χ4v) is 3.75. The number of fused-ring (bicyclic) bond motifs is 3. The van der Waals surface area contributed by atoms with Crippen molar-refractivity contribution >= 4 is 15.7 Å². The molecule has 0 radical (unpaired) electrons. The highest BCUT2D eigenvalue weighted by atomic mass is 32.2. The molecule has 0 amide bonds. The van der Waals surface area contributed by atoms with Crippen molar-refractivity contribution in [3.63, 3.8) is 0 Å². The van der Waals surface area contributed by atoms with E-state index in [1.54, 1.807) is 0 Å². The highest BCUT2D eigenvalue weighted by Gasteiger charge is 2.33. The number of piperidine rings is 1. The van der Waals surface area contributed by atoms with Crippen molar-refractivity contribution in [3.05, 3.63) is 29.3 Å². The summed E-state index contributed by atoms with van der Waals surface area (Å²) in [7, 11) is -3.19. The van der Waals surface area contributed by atoms with Gasteiger partial charge in [-0.05, 0) is 55.0 Å². The topological polar surface area (TPSA) is 58.2 Å². The van der Waals surface area contributed by atoms with Crippen LogP contribution in [0.15, 0.2) is 18.2 Å². The second kappa shape index (κ2) is 4.24. The average Bonchev–Trinajstić information content (AvgIpc) is 2.64. The molecule has 1 aromatic rings. The number of hydrogen-bond acceptors (Lipinski definition) is 3. The molecule has 3 rings (SSSR count). The number of hydrogen-bond donors (Lipinski definition) is 2. The molecule has 98 valence electrons. The second-order valence-corrected chi connectivity index (χ2v) is 7.05. The third-order valence-electron chi connectivity index (χ3n) is 3.87. The molecule has 2 N–H and O–H groups in total. The van der Waals surface area contributed by atoms with Crippen LogP contribution in [0.25, 0.3) is 0 Å². The maximum Gasteiger partial charge on any atom is 0.229 e. The predicted molar refractivity (Wildman–Crippen MR) is 72.4 cm³/mol. The van der Waals surface area contributed by atoms with Crippen LogP contribution in [0.4, 0.5) is 5.69 Å². The van der Waals surface area contributed by atoms with Gasteiger partial charge in [-0.3, -0.25) is 4.72 Å². The average molecular weight is 266 g/mol. The molecule has 5 heteroatoms. The lowest BCUT2D eigenvalue weighted by molar-refractivity contribution is 0.372. The van der Waals surface area contributed by atoms with Gasteiger partial charge in [0.2, 0.25) is 10.0 Å². The van der Waals surface area contributed by atoms with Crippen LogP contribution in [0.1, 0.15) is 29.9 Å². The van der Waals surface area contributed by atoms with Crippen LogP contribution < -0.4 is 10.0 Å². The van der Waals surface area contributed by atoms with Crippen LogP contribution in [0, 0.1) is 0 Å². The van der Waals surface area contributed by atoms with E-state index in [-0.39, 0.29) is 0 Å². The first-order valence-corrected chi connectivity index (χ1v) is 8.26. The van der Waals surface area contributed by atoms with E-state index in [4.69, 9.17) is 0 Å². The molecule has 1 aliphatic carbocycles. The normalized spacial score (nSPS) is 26.5. The molecule has 2 aliphatic rings. The van der Waals surface area contributed by atoms with Gasteiger partial charge >= 0.3 is 0 Å². The lowest BCUT2D eigenvalue weighted by atomic mass is 9.90. The summed E-state index contributed by atoms with van der Waals surface area (Å²) in [5.41, 5.74) is 3.36. The number of sulfonamides is 1. The monoisotopic (exact) mass is 266 g/mol. The Morgan fingerprint density at radius 3 is 3.00 bits per heavy atom. The Hall–Kier alpha value is -1.07. The van der Waals surface area contributed by atoms with Crippen LogP contribution in [0.2, 0.25) is 0 Å². The van der Waals surface area contributed by atoms with E-state index < -0.39 is 10.0 Å². The van der Waals surface area contributed by atoms with Crippen LogP contribution in [-0.2, 0) is 16.4 Å². The molecule has 1 saturated heterocycles. The lowest BCUT2D eigenvalue weighted by Gasteiger charge is -2.27. The van der Waals surface area contributed by atoms with Crippen LogP contribution >= 0.6 is 0 Å². The van der Waals surface area contributed by atoms with Crippen molar-refractivity contribution in [1.29, 1.82) is 0 Å². The molecule has 0 aromatic heterocycles. The van der Waals surface area contributed by atoms with Gasteiger partial charge in [-0.15, -0.1) is 0 Å². The summed E-state index contributed by atoms with van der Waals surface area (Å²) in [6, 6.07) is 6.48. The van der Waals surface area contributed by atoms with Gasteiger partial charge in [0.05, 0.1) is 6.26 Å². The van der Waals surface area contributed by atoms with Gasteiger partial charge in [-0.1, -0.05) is 6.07 Å². The van der Waals surface area contributed by atoms with Gasteiger partial charge in [0.25, 0.3) is 0 Å². The van der Waals surface area contributed by atoms with E-state index in [1.807, 2.05) is 12.1 Å². The first-order valence-electron chi connectivity index (χ1n) is 6.37. The number of anilines is 1. The number of benzene rings is 1. The van der Waals surface area contributed by atoms with E-state index in [1.165, 1.54) is 30.2 Å². The van der Waals surface area contributed by atoms with E-state index in [2.05, 4.69) is 16.1 Å². The zero-order chi connectivity index (χ0) is 12.8. The molecular formula is C13H18N2O2S. The van der Waals surface area contributed by atoms with Gasteiger partial charge < -0.3 is 5.32 Å². The molecule has 1 aromatic carbocycles. The fourth-order valence-electron chi connectivity index (χ4n) is 3.20. The summed E-state index contributed by atoms with van der Waals surface area (Å²) in [6.07, 6.45) is 4.66. The van der Waals surface area contributed by atoms with E-state index in [0.29, 0.717) is 17.6 Å². The molecule has 0 saturated carbocycles. The van der Waals surface area contributed by atoms with Crippen LogP contribution in [0.5, 0.6) is 0 Å². The van der Waals surface area contributed by atoms with Crippen LogP contribution in [0.3, 0.4) is 0 Å². The molecule has 4 nitrogen and oxygen atoms in total. The van der Waals surface area contributed by atoms with E-state index in [0.717, 1.165) is 13.0 Å². The molecular weight excluding hydrogens is 248 g/mol. The summed E-state index contributed by atoms with van der Waals surface area (Å²) in [4.78, 5) is 0. The second-order valence-electron chi connectivity index (χ2n) is 5.30. The van der Waals surface area contributed by atoms with Gasteiger partial charge in [0, 0.05) is 11.7 Å². The van der Waals surface area contributed by atoms with Gasteiger partial charge in [-0.2, -0.15) is 0 Å². The largest absolute Gasteiger partial charge is 0.313 e. The summed E-state index contributed by atoms with van der Waals surface area (Å²) < 4.78 is 25.0.